The van der Waals surface area contributed by atoms with Crippen LogP contribution in [0.25, 0.3) is 11.1 Å². The standard InChI is InChI=1S/C16H10BrNO/c1-11-6-8-15-14(10-11)18-16(19-15)9-7-12-4-2-3-5-13(12)17/h2-6,8,10H,1H3. The lowest BCUT2D eigenvalue weighted by Gasteiger charge is -1.91. The van der Waals surface area contributed by atoms with Gasteiger partial charge in [-0.1, -0.05) is 24.1 Å². The molecular weight excluding hydrogens is 302 g/mol. The average Bonchev–Trinajstić information content (AvgIpc) is 2.79. The molecule has 0 atom stereocenters. The van der Waals surface area contributed by atoms with Gasteiger partial charge in [0.15, 0.2) is 5.58 Å². The van der Waals surface area contributed by atoms with Gasteiger partial charge in [0.05, 0.1) is 0 Å². The van der Waals surface area contributed by atoms with Gasteiger partial charge in [-0.25, -0.2) is 4.98 Å². The Bertz CT molecular complexity index is 808. The molecule has 3 heteroatoms. The molecule has 0 saturated carbocycles. The minimum absolute atomic E-state index is 0.441. The largest absolute Gasteiger partial charge is 0.430 e. The van der Waals surface area contributed by atoms with Gasteiger partial charge in [0.1, 0.15) is 5.52 Å². The molecule has 0 aliphatic heterocycles. The molecule has 92 valence electrons. The number of rotatable bonds is 0. The smallest absolute Gasteiger partial charge is 0.274 e. The summed E-state index contributed by atoms with van der Waals surface area (Å²) in [4.78, 5) is 4.36. The average molecular weight is 312 g/mol. The molecule has 0 spiro atoms. The number of oxazole rings is 1. The van der Waals surface area contributed by atoms with Gasteiger partial charge >= 0.3 is 0 Å². The summed E-state index contributed by atoms with van der Waals surface area (Å²) >= 11 is 3.46. The lowest BCUT2D eigenvalue weighted by atomic mass is 10.2. The van der Waals surface area contributed by atoms with Crippen LogP contribution < -0.4 is 0 Å². The number of aromatic nitrogens is 1. The molecular formula is C16H10BrNO. The van der Waals surface area contributed by atoms with Crippen molar-refractivity contribution in [1.82, 2.24) is 4.98 Å². The van der Waals surface area contributed by atoms with Crippen LogP contribution in [0.5, 0.6) is 0 Å². The van der Waals surface area contributed by atoms with E-state index in [1.165, 1.54) is 0 Å². The van der Waals surface area contributed by atoms with E-state index in [9.17, 15) is 0 Å². The van der Waals surface area contributed by atoms with Gasteiger partial charge in [0.2, 0.25) is 0 Å². The van der Waals surface area contributed by atoms with Crippen LogP contribution in [-0.2, 0) is 0 Å². The van der Waals surface area contributed by atoms with Gasteiger partial charge < -0.3 is 4.42 Å². The molecule has 1 heterocycles. The number of benzene rings is 2. The molecule has 0 bridgehead atoms. The third-order valence-electron chi connectivity index (χ3n) is 2.72. The minimum atomic E-state index is 0.441. The first-order chi connectivity index (χ1) is 9.22. The van der Waals surface area contributed by atoms with Crippen molar-refractivity contribution in [3.63, 3.8) is 0 Å². The Balaban J connectivity index is 2.01. The van der Waals surface area contributed by atoms with Crippen molar-refractivity contribution in [3.05, 3.63) is 64.0 Å². The maximum Gasteiger partial charge on any atom is 0.274 e. The lowest BCUT2D eigenvalue weighted by molar-refractivity contribution is 0.586. The van der Waals surface area contributed by atoms with Gasteiger partial charge in [0, 0.05) is 10.0 Å². The number of aryl methyl sites for hydroxylation is 1. The molecule has 2 nitrogen and oxygen atoms in total. The first kappa shape index (κ1) is 12.0. The summed E-state index contributed by atoms with van der Waals surface area (Å²) in [6.45, 7) is 2.03. The Morgan fingerprint density at radius 3 is 2.79 bits per heavy atom. The van der Waals surface area contributed by atoms with E-state index in [1.54, 1.807) is 0 Å². The zero-order valence-electron chi connectivity index (χ0n) is 10.3. The zero-order chi connectivity index (χ0) is 13.2. The molecule has 0 saturated heterocycles. The van der Waals surface area contributed by atoms with Gasteiger partial charge in [0.25, 0.3) is 5.89 Å². The lowest BCUT2D eigenvalue weighted by Crippen LogP contribution is -1.77. The molecule has 0 radical (unpaired) electrons. The second-order valence-corrected chi connectivity index (χ2v) is 5.07. The van der Waals surface area contributed by atoms with Crippen LogP contribution in [0.2, 0.25) is 0 Å². The molecule has 0 amide bonds. The van der Waals surface area contributed by atoms with E-state index < -0.39 is 0 Å². The summed E-state index contributed by atoms with van der Waals surface area (Å²) in [6.07, 6.45) is 0. The number of hydrogen-bond donors (Lipinski definition) is 0. The Kier molecular flexibility index (Phi) is 3.10. The van der Waals surface area contributed by atoms with Crippen molar-refractivity contribution < 1.29 is 4.42 Å². The van der Waals surface area contributed by atoms with Gasteiger partial charge in [-0.2, -0.15) is 0 Å². The summed E-state index contributed by atoms with van der Waals surface area (Å²) in [5, 5.41) is 0. The fourth-order valence-corrected chi connectivity index (χ4v) is 2.16. The van der Waals surface area contributed by atoms with Crippen LogP contribution in [0, 0.1) is 18.8 Å². The van der Waals surface area contributed by atoms with Gasteiger partial charge in [-0.05, 0) is 58.6 Å². The van der Waals surface area contributed by atoms with E-state index in [2.05, 4.69) is 32.8 Å². The summed E-state index contributed by atoms with van der Waals surface area (Å²) in [6, 6.07) is 13.7. The highest BCUT2D eigenvalue weighted by molar-refractivity contribution is 9.10. The maximum absolute atomic E-state index is 5.58. The zero-order valence-corrected chi connectivity index (χ0v) is 11.9. The van der Waals surface area contributed by atoms with Crippen molar-refractivity contribution in [2.75, 3.05) is 0 Å². The van der Waals surface area contributed by atoms with E-state index in [0.29, 0.717) is 5.89 Å². The van der Waals surface area contributed by atoms with Gasteiger partial charge in [-0.3, -0.25) is 0 Å². The molecule has 0 N–H and O–H groups in total. The van der Waals surface area contributed by atoms with Crippen molar-refractivity contribution in [3.8, 4) is 11.8 Å². The highest BCUT2D eigenvalue weighted by atomic mass is 79.9. The molecule has 0 aliphatic rings. The third-order valence-corrected chi connectivity index (χ3v) is 3.41. The van der Waals surface area contributed by atoms with Crippen molar-refractivity contribution in [2.45, 2.75) is 6.92 Å². The quantitative estimate of drug-likeness (QED) is 0.579. The van der Waals surface area contributed by atoms with Crippen LogP contribution in [0.4, 0.5) is 0 Å². The van der Waals surface area contributed by atoms with Crippen molar-refractivity contribution in [1.29, 1.82) is 0 Å². The Morgan fingerprint density at radius 1 is 1.11 bits per heavy atom. The summed E-state index contributed by atoms with van der Waals surface area (Å²) in [5.74, 6) is 6.45. The highest BCUT2D eigenvalue weighted by Crippen LogP contribution is 2.17. The SMILES string of the molecule is Cc1ccc2oc(C#Cc3ccccc3Br)nc2c1. The van der Waals surface area contributed by atoms with E-state index in [4.69, 9.17) is 4.42 Å². The number of halogens is 1. The molecule has 0 aliphatic carbocycles. The maximum atomic E-state index is 5.58. The summed E-state index contributed by atoms with van der Waals surface area (Å²) in [7, 11) is 0. The number of nitrogens with zero attached hydrogens (tertiary/aromatic N) is 1. The van der Waals surface area contributed by atoms with E-state index in [-0.39, 0.29) is 0 Å². The second-order valence-electron chi connectivity index (χ2n) is 4.22. The Hall–Kier alpha value is -2.05. The third kappa shape index (κ3) is 2.54. The van der Waals surface area contributed by atoms with Crippen LogP contribution in [0.3, 0.4) is 0 Å². The van der Waals surface area contributed by atoms with E-state index in [1.807, 2.05) is 49.4 Å². The van der Waals surface area contributed by atoms with Crippen molar-refractivity contribution in [2.24, 2.45) is 0 Å². The predicted molar refractivity (Wildman–Crippen MR) is 78.9 cm³/mol. The fourth-order valence-electron chi connectivity index (χ4n) is 1.77. The van der Waals surface area contributed by atoms with Gasteiger partial charge in [-0.15, -0.1) is 0 Å². The monoisotopic (exact) mass is 311 g/mol. The van der Waals surface area contributed by atoms with Crippen LogP contribution in [-0.4, -0.2) is 4.98 Å². The van der Waals surface area contributed by atoms with Crippen molar-refractivity contribution >= 4 is 27.0 Å². The molecule has 19 heavy (non-hydrogen) atoms. The molecule has 2 aromatic carbocycles. The van der Waals surface area contributed by atoms with E-state index >= 15 is 0 Å². The number of hydrogen-bond acceptors (Lipinski definition) is 2. The number of fused-ring (bicyclic) bond motifs is 1. The molecule has 0 unspecified atom stereocenters. The first-order valence-corrected chi connectivity index (χ1v) is 6.65. The second kappa shape index (κ2) is 4.91. The van der Waals surface area contributed by atoms with Crippen LogP contribution in [0.15, 0.2) is 51.4 Å². The summed E-state index contributed by atoms with van der Waals surface area (Å²) in [5.41, 5.74) is 3.69. The summed E-state index contributed by atoms with van der Waals surface area (Å²) < 4.78 is 6.55. The molecule has 3 aromatic rings. The molecule has 3 rings (SSSR count). The fraction of sp³-hybridized carbons (Fsp3) is 0.0625. The predicted octanol–water partition coefficient (Wildman–Crippen LogP) is 4.30. The topological polar surface area (TPSA) is 26.0 Å². The Morgan fingerprint density at radius 2 is 1.95 bits per heavy atom. The highest BCUT2D eigenvalue weighted by Gasteiger charge is 2.03. The molecule has 1 aromatic heterocycles. The van der Waals surface area contributed by atoms with Crippen LogP contribution in [0.1, 0.15) is 17.0 Å². The first-order valence-electron chi connectivity index (χ1n) is 5.86. The Labute approximate surface area is 119 Å². The minimum Gasteiger partial charge on any atom is -0.430 e. The van der Waals surface area contributed by atoms with Crippen LogP contribution >= 0.6 is 15.9 Å². The van der Waals surface area contributed by atoms with E-state index in [0.717, 1.165) is 26.7 Å². The molecule has 0 fully saturated rings. The normalized spacial score (nSPS) is 10.2.